The van der Waals surface area contributed by atoms with Gasteiger partial charge in [0.2, 0.25) is 0 Å². The van der Waals surface area contributed by atoms with Crippen LogP contribution in [0.15, 0.2) is 35.6 Å². The fourth-order valence-corrected chi connectivity index (χ4v) is 3.70. The average Bonchev–Trinajstić information content (AvgIpc) is 2.81. The second-order valence-electron chi connectivity index (χ2n) is 6.36. The molecule has 1 aliphatic heterocycles. The monoisotopic (exact) mass is 321 g/mol. The maximum Gasteiger partial charge on any atom is 0.410 e. The van der Waals surface area contributed by atoms with Gasteiger partial charge in [0.15, 0.2) is 10.1 Å². The highest BCUT2D eigenvalue weighted by Gasteiger charge is 2.41. The van der Waals surface area contributed by atoms with Crippen LogP contribution in [0.4, 0.5) is 4.79 Å². The summed E-state index contributed by atoms with van der Waals surface area (Å²) < 4.78 is 19.7. The van der Waals surface area contributed by atoms with Gasteiger partial charge < -0.3 is 13.7 Å². The van der Waals surface area contributed by atoms with E-state index in [0.717, 1.165) is 10.5 Å². The van der Waals surface area contributed by atoms with Gasteiger partial charge in [-0.3, -0.25) is 4.90 Å². The van der Waals surface area contributed by atoms with Crippen molar-refractivity contribution in [2.75, 3.05) is 13.1 Å². The summed E-state index contributed by atoms with van der Waals surface area (Å²) in [6.45, 7) is 6.43. The molecule has 1 saturated heterocycles. The van der Waals surface area contributed by atoms with E-state index in [1.54, 1.807) is 11.1 Å². The van der Waals surface area contributed by atoms with Crippen LogP contribution in [0.2, 0.25) is 0 Å². The molecular formula is C15H19N3O3S. The Hall–Kier alpha value is -1.73. The quantitative estimate of drug-likeness (QED) is 0.794. The molecular weight excluding hydrogens is 302 g/mol. The number of hydrogen-bond acceptors (Lipinski definition) is 4. The van der Waals surface area contributed by atoms with Gasteiger partial charge in [0, 0.05) is 12.4 Å². The van der Waals surface area contributed by atoms with Gasteiger partial charge in [0.05, 0.1) is 19.3 Å². The number of carbonyl (C=O) groups excluding carboxylic acids is 1. The predicted octanol–water partition coefficient (Wildman–Crippen LogP) is 2.06. The summed E-state index contributed by atoms with van der Waals surface area (Å²) in [5.74, 6) is 0. The lowest BCUT2D eigenvalue weighted by Gasteiger charge is -2.39. The molecule has 0 bridgehead atoms. The van der Waals surface area contributed by atoms with Crippen molar-refractivity contribution in [3.8, 4) is 0 Å². The molecule has 1 aliphatic rings. The molecule has 2 aromatic rings. The molecule has 1 atom stereocenters. The highest BCUT2D eigenvalue weighted by Crippen LogP contribution is 2.25. The lowest BCUT2D eigenvalue weighted by atomic mass is 10.2. The van der Waals surface area contributed by atoms with Crippen LogP contribution in [0.1, 0.15) is 20.8 Å². The van der Waals surface area contributed by atoms with Gasteiger partial charge in [-0.25, -0.2) is 9.78 Å². The van der Waals surface area contributed by atoms with Crippen LogP contribution in [0.3, 0.4) is 0 Å². The lowest BCUT2D eigenvalue weighted by Crippen LogP contribution is -2.57. The normalized spacial score (nSPS) is 17.4. The largest absolute Gasteiger partial charge is 0.611 e. The maximum absolute atomic E-state index is 12.5. The van der Waals surface area contributed by atoms with E-state index in [1.165, 1.54) is 0 Å². The molecule has 1 unspecified atom stereocenters. The van der Waals surface area contributed by atoms with Gasteiger partial charge in [0.1, 0.15) is 11.2 Å². The number of amides is 1. The second kappa shape index (κ2) is 5.48. The van der Waals surface area contributed by atoms with Gasteiger partial charge in [0.25, 0.3) is 0 Å². The fourth-order valence-electron chi connectivity index (χ4n) is 2.26. The Labute approximate surface area is 132 Å². The number of fused-ring (bicyclic) bond motifs is 1. The van der Waals surface area contributed by atoms with Crippen molar-refractivity contribution < 1.29 is 14.1 Å². The molecule has 3 heterocycles. The first kappa shape index (κ1) is 15.2. The zero-order valence-corrected chi connectivity index (χ0v) is 13.7. The van der Waals surface area contributed by atoms with Crippen molar-refractivity contribution in [1.82, 2.24) is 14.3 Å². The third-order valence-corrected chi connectivity index (χ3v) is 5.01. The van der Waals surface area contributed by atoms with Crippen LogP contribution in [-0.2, 0) is 15.9 Å². The van der Waals surface area contributed by atoms with Crippen LogP contribution in [0, 0.1) is 0 Å². The molecule has 118 valence electrons. The SMILES string of the molecule is CC(C)(C)OC(=O)N1CC([S+]([O-])c2ccc3nccn3c2)C1. The molecule has 1 amide bonds. The topological polar surface area (TPSA) is 69.9 Å². The number of rotatable bonds is 2. The number of ether oxygens (including phenoxy) is 1. The Bertz CT molecular complexity index is 689. The van der Waals surface area contributed by atoms with Gasteiger partial charge in [-0.1, -0.05) is 0 Å². The van der Waals surface area contributed by atoms with Crippen LogP contribution in [-0.4, -0.2) is 48.9 Å². The molecule has 0 aliphatic carbocycles. The number of aromatic nitrogens is 2. The van der Waals surface area contributed by atoms with Crippen LogP contribution in [0.5, 0.6) is 0 Å². The van der Waals surface area contributed by atoms with Crippen LogP contribution in [0.25, 0.3) is 5.65 Å². The smallest absolute Gasteiger partial charge is 0.410 e. The first-order valence-electron chi connectivity index (χ1n) is 7.15. The summed E-state index contributed by atoms with van der Waals surface area (Å²) in [5, 5.41) is -0.0477. The standard InChI is InChI=1S/C15H19N3O3S/c1-15(2,3)21-14(19)18-9-12(10-18)22(20)11-4-5-13-16-6-7-17(13)8-11/h4-8,12H,9-10H2,1-3H3. The van der Waals surface area contributed by atoms with Crippen LogP contribution < -0.4 is 0 Å². The van der Waals surface area contributed by atoms with E-state index in [9.17, 15) is 9.35 Å². The molecule has 0 N–H and O–H groups in total. The summed E-state index contributed by atoms with van der Waals surface area (Å²) in [4.78, 5) is 18.4. The number of imidazole rings is 1. The molecule has 0 saturated carbocycles. The number of nitrogens with zero attached hydrogens (tertiary/aromatic N) is 3. The first-order valence-corrected chi connectivity index (χ1v) is 8.36. The minimum absolute atomic E-state index is 0.0477. The maximum atomic E-state index is 12.5. The number of pyridine rings is 1. The van der Waals surface area contributed by atoms with Gasteiger partial charge in [-0.15, -0.1) is 0 Å². The lowest BCUT2D eigenvalue weighted by molar-refractivity contribution is 0.0139. The predicted molar refractivity (Wildman–Crippen MR) is 83.2 cm³/mol. The molecule has 6 nitrogen and oxygen atoms in total. The molecule has 0 spiro atoms. The van der Waals surface area contributed by atoms with Crippen molar-refractivity contribution in [3.63, 3.8) is 0 Å². The summed E-state index contributed by atoms with van der Waals surface area (Å²) in [6, 6.07) is 3.67. The van der Waals surface area contributed by atoms with E-state index < -0.39 is 16.8 Å². The first-order chi connectivity index (χ1) is 10.3. The van der Waals surface area contributed by atoms with Gasteiger partial charge in [-0.2, -0.15) is 0 Å². The van der Waals surface area contributed by atoms with E-state index >= 15 is 0 Å². The minimum atomic E-state index is -1.14. The van der Waals surface area contributed by atoms with Crippen molar-refractivity contribution in [2.24, 2.45) is 0 Å². The van der Waals surface area contributed by atoms with E-state index in [0.29, 0.717) is 13.1 Å². The van der Waals surface area contributed by atoms with Crippen molar-refractivity contribution in [3.05, 3.63) is 30.7 Å². The zero-order valence-electron chi connectivity index (χ0n) is 12.9. The Kier molecular flexibility index (Phi) is 3.78. The van der Waals surface area contributed by atoms with E-state index in [2.05, 4.69) is 4.98 Å². The number of likely N-dealkylation sites (tertiary alicyclic amines) is 1. The highest BCUT2D eigenvalue weighted by molar-refractivity contribution is 7.92. The van der Waals surface area contributed by atoms with Crippen molar-refractivity contribution in [2.45, 2.75) is 36.5 Å². The third kappa shape index (κ3) is 3.05. The van der Waals surface area contributed by atoms with E-state index in [1.807, 2.05) is 49.7 Å². The summed E-state index contributed by atoms with van der Waals surface area (Å²) in [7, 11) is 0. The zero-order chi connectivity index (χ0) is 15.9. The summed E-state index contributed by atoms with van der Waals surface area (Å²) in [6.07, 6.45) is 5.01. The van der Waals surface area contributed by atoms with Crippen molar-refractivity contribution in [1.29, 1.82) is 0 Å². The molecule has 2 aromatic heterocycles. The molecule has 7 heteroatoms. The Morgan fingerprint density at radius 3 is 2.82 bits per heavy atom. The van der Waals surface area contributed by atoms with Gasteiger partial charge in [-0.05, 0) is 44.1 Å². The van der Waals surface area contributed by atoms with E-state index in [4.69, 9.17) is 4.74 Å². The Morgan fingerprint density at radius 2 is 2.14 bits per heavy atom. The highest BCUT2D eigenvalue weighted by atomic mass is 32.2. The minimum Gasteiger partial charge on any atom is -0.611 e. The third-order valence-electron chi connectivity index (χ3n) is 3.40. The summed E-state index contributed by atoms with van der Waals surface area (Å²) >= 11 is -1.14. The molecule has 1 fully saturated rings. The van der Waals surface area contributed by atoms with E-state index in [-0.39, 0.29) is 11.3 Å². The molecule has 3 rings (SSSR count). The van der Waals surface area contributed by atoms with Crippen molar-refractivity contribution >= 4 is 22.9 Å². The Morgan fingerprint density at radius 1 is 1.41 bits per heavy atom. The molecule has 0 radical (unpaired) electrons. The summed E-state index contributed by atoms with van der Waals surface area (Å²) in [5.41, 5.74) is 0.318. The number of carbonyl (C=O) groups is 1. The molecule has 0 aromatic carbocycles. The van der Waals surface area contributed by atoms with Crippen LogP contribution >= 0.6 is 0 Å². The molecule has 22 heavy (non-hydrogen) atoms. The fraction of sp³-hybridized carbons (Fsp3) is 0.467. The van der Waals surface area contributed by atoms with Gasteiger partial charge >= 0.3 is 6.09 Å². The Balaban J connectivity index is 1.61. The average molecular weight is 321 g/mol. The second-order valence-corrected chi connectivity index (χ2v) is 8.10. The number of hydrogen-bond donors (Lipinski definition) is 0.